The van der Waals surface area contributed by atoms with Crippen molar-refractivity contribution in [1.29, 1.82) is 0 Å². The average Bonchev–Trinajstić information content (AvgIpc) is 3.65. The lowest BCUT2D eigenvalue weighted by molar-refractivity contribution is 0.305. The van der Waals surface area contributed by atoms with Gasteiger partial charge in [0, 0.05) is 29.5 Å². The molecule has 11 heteroatoms. The molecular weight excluding hydrogens is 486 g/mol. The van der Waals surface area contributed by atoms with E-state index in [0.29, 0.717) is 28.9 Å². The minimum Gasteiger partial charge on any atom is -0.496 e. The van der Waals surface area contributed by atoms with Gasteiger partial charge in [-0.05, 0) is 13.0 Å². The summed E-state index contributed by atoms with van der Waals surface area (Å²) in [5.41, 5.74) is 1.11. The fourth-order valence-corrected chi connectivity index (χ4v) is 5.56. The van der Waals surface area contributed by atoms with Crippen LogP contribution in [0.4, 0.5) is 0 Å². The zero-order valence-electron chi connectivity index (χ0n) is 19.2. The Bertz CT molecular complexity index is 1470. The van der Waals surface area contributed by atoms with Gasteiger partial charge in [-0.2, -0.15) is 0 Å². The first-order chi connectivity index (χ1) is 17.0. The lowest BCUT2D eigenvalue weighted by atomic mass is 10.0. The normalized spacial score (nSPS) is 19.0. The van der Waals surface area contributed by atoms with Crippen LogP contribution in [0.25, 0.3) is 21.5 Å². The zero-order chi connectivity index (χ0) is 24.0. The summed E-state index contributed by atoms with van der Waals surface area (Å²) < 4.78 is 23.2. The summed E-state index contributed by atoms with van der Waals surface area (Å²) in [6.07, 6.45) is 0. The van der Waals surface area contributed by atoms with E-state index in [1.165, 1.54) is 23.1 Å². The Balaban J connectivity index is 1.27. The van der Waals surface area contributed by atoms with Gasteiger partial charge in [0.15, 0.2) is 10.2 Å². The lowest BCUT2D eigenvalue weighted by Crippen LogP contribution is -2.26. The number of benzene rings is 2. The number of fused-ring (bicyclic) bond motifs is 2. The van der Waals surface area contributed by atoms with Gasteiger partial charge in [0.1, 0.15) is 40.0 Å². The maximum Gasteiger partial charge on any atom is 0.275 e. The lowest BCUT2D eigenvalue weighted by Gasteiger charge is -2.18. The number of nitrogens with zero attached hydrogens (tertiary/aromatic N) is 5. The molecule has 4 heterocycles. The fraction of sp³-hybridized carbons (Fsp3) is 0.250. The first-order valence-electron chi connectivity index (χ1n) is 10.8. The van der Waals surface area contributed by atoms with E-state index in [9.17, 15) is 0 Å². The summed E-state index contributed by atoms with van der Waals surface area (Å²) in [5, 5.41) is 18.7. The van der Waals surface area contributed by atoms with Gasteiger partial charge in [0.05, 0.1) is 26.2 Å². The molecular formula is C24H21N5O4S2. The van der Waals surface area contributed by atoms with Gasteiger partial charge in [-0.15, -0.1) is 15.3 Å². The summed E-state index contributed by atoms with van der Waals surface area (Å²) in [6.45, 7) is 2.87. The fourth-order valence-electron chi connectivity index (χ4n) is 3.96. The minimum absolute atomic E-state index is 0.284. The quantitative estimate of drug-likeness (QED) is 0.356. The van der Waals surface area contributed by atoms with Crippen molar-refractivity contribution in [2.24, 2.45) is 10.1 Å². The third-order valence-corrected chi connectivity index (χ3v) is 7.61. The van der Waals surface area contributed by atoms with E-state index in [0.717, 1.165) is 31.9 Å². The van der Waals surface area contributed by atoms with Crippen molar-refractivity contribution < 1.29 is 18.6 Å². The molecule has 9 nitrogen and oxygen atoms in total. The van der Waals surface area contributed by atoms with Gasteiger partial charge in [-0.25, -0.2) is 10.0 Å². The number of amidine groups is 1. The van der Waals surface area contributed by atoms with E-state index >= 15 is 0 Å². The second kappa shape index (κ2) is 8.58. The average molecular weight is 508 g/mol. The number of methoxy groups -OCH3 is 2. The number of rotatable bonds is 6. The molecule has 0 N–H and O–H groups in total. The van der Waals surface area contributed by atoms with Crippen LogP contribution in [0.1, 0.15) is 17.7 Å². The Morgan fingerprint density at radius 2 is 1.94 bits per heavy atom. The monoisotopic (exact) mass is 507 g/mol. The third-order valence-electron chi connectivity index (χ3n) is 5.75. The smallest absolute Gasteiger partial charge is 0.275 e. The standard InChI is InChI=1S/C24H21N5O4S2/c1-24(13-29-22(25-24)35-23(28-29)31-3)19-11-16-17(9-15(30-2)10-18(16)33-19)32-12-20-26-27-21(34-20)14-7-5-4-6-8-14/h4-11H,12-13H2,1-3H3. The van der Waals surface area contributed by atoms with Crippen LogP contribution in [-0.2, 0) is 16.9 Å². The summed E-state index contributed by atoms with van der Waals surface area (Å²) in [7, 11) is 3.22. The van der Waals surface area contributed by atoms with Crippen molar-refractivity contribution >= 4 is 44.5 Å². The van der Waals surface area contributed by atoms with Gasteiger partial charge in [0.25, 0.3) is 5.23 Å². The van der Waals surface area contributed by atoms with Crippen molar-refractivity contribution in [3.05, 3.63) is 59.3 Å². The second-order valence-corrected chi connectivity index (χ2v) is 10.2. The van der Waals surface area contributed by atoms with Gasteiger partial charge in [0.2, 0.25) is 0 Å². The Morgan fingerprint density at radius 3 is 2.71 bits per heavy atom. The summed E-state index contributed by atoms with van der Waals surface area (Å²) in [5.74, 6) is 2.02. The molecule has 2 aliphatic rings. The number of thioether (sulfide) groups is 1. The van der Waals surface area contributed by atoms with E-state index in [1.54, 1.807) is 14.2 Å². The number of hydrogen-bond acceptors (Lipinski definition) is 11. The molecule has 178 valence electrons. The van der Waals surface area contributed by atoms with Crippen LogP contribution in [-0.4, -0.2) is 46.4 Å². The van der Waals surface area contributed by atoms with Crippen molar-refractivity contribution in [1.82, 2.24) is 15.2 Å². The Kier molecular flexibility index (Phi) is 5.37. The molecule has 35 heavy (non-hydrogen) atoms. The summed E-state index contributed by atoms with van der Waals surface area (Å²) in [4.78, 5) is 4.87. The highest BCUT2D eigenvalue weighted by atomic mass is 32.2. The predicted molar refractivity (Wildman–Crippen MR) is 136 cm³/mol. The van der Waals surface area contributed by atoms with Crippen LogP contribution < -0.4 is 9.47 Å². The van der Waals surface area contributed by atoms with Gasteiger partial charge in [-0.1, -0.05) is 41.7 Å². The minimum atomic E-state index is -0.585. The van der Waals surface area contributed by atoms with Crippen molar-refractivity contribution in [2.75, 3.05) is 20.8 Å². The van der Waals surface area contributed by atoms with E-state index in [-0.39, 0.29) is 6.61 Å². The largest absolute Gasteiger partial charge is 0.496 e. The molecule has 2 aromatic carbocycles. The summed E-state index contributed by atoms with van der Waals surface area (Å²) >= 11 is 2.91. The Morgan fingerprint density at radius 1 is 1.09 bits per heavy atom. The van der Waals surface area contributed by atoms with Crippen molar-refractivity contribution in [3.63, 3.8) is 0 Å². The summed E-state index contributed by atoms with van der Waals surface area (Å²) in [6, 6.07) is 15.7. The molecule has 0 aliphatic carbocycles. The Hall–Kier alpha value is -3.57. The van der Waals surface area contributed by atoms with E-state index in [1.807, 2.05) is 60.5 Å². The van der Waals surface area contributed by atoms with E-state index < -0.39 is 5.54 Å². The van der Waals surface area contributed by atoms with Gasteiger partial charge >= 0.3 is 0 Å². The molecule has 6 rings (SSSR count). The third kappa shape index (κ3) is 4.00. The molecule has 0 fully saturated rings. The molecule has 0 bridgehead atoms. The van der Waals surface area contributed by atoms with Crippen LogP contribution in [0.5, 0.6) is 11.5 Å². The molecule has 2 aliphatic heterocycles. The van der Waals surface area contributed by atoms with E-state index in [2.05, 4.69) is 15.3 Å². The van der Waals surface area contributed by atoms with Crippen molar-refractivity contribution in [3.8, 4) is 22.1 Å². The van der Waals surface area contributed by atoms with Crippen LogP contribution in [0.3, 0.4) is 0 Å². The highest BCUT2D eigenvalue weighted by Crippen LogP contribution is 2.42. The maximum atomic E-state index is 6.26. The molecule has 0 saturated heterocycles. The van der Waals surface area contributed by atoms with Crippen molar-refractivity contribution in [2.45, 2.75) is 19.1 Å². The van der Waals surface area contributed by atoms with Crippen LogP contribution in [0.2, 0.25) is 0 Å². The molecule has 0 saturated carbocycles. The Labute approximate surface area is 209 Å². The molecule has 4 aromatic rings. The second-order valence-electron chi connectivity index (χ2n) is 8.20. The SMILES string of the molecule is COC1=NN2CC(C)(c3cc4c(OCc5nnc(-c6ccccc6)s5)cc(OC)cc4o3)N=C2S1. The molecule has 1 atom stereocenters. The number of aliphatic imine (C=N–C) groups is 1. The van der Waals surface area contributed by atoms with Crippen LogP contribution in [0.15, 0.2) is 63.0 Å². The van der Waals surface area contributed by atoms with Gasteiger partial charge in [-0.3, -0.25) is 0 Å². The number of aromatic nitrogens is 2. The highest BCUT2D eigenvalue weighted by Gasteiger charge is 2.43. The molecule has 2 aromatic heterocycles. The predicted octanol–water partition coefficient (Wildman–Crippen LogP) is 5.09. The first-order valence-corrected chi connectivity index (χ1v) is 12.5. The zero-order valence-corrected chi connectivity index (χ0v) is 20.9. The maximum absolute atomic E-state index is 6.26. The number of hydrazone groups is 1. The number of hydrogen-bond donors (Lipinski definition) is 0. The molecule has 1 unspecified atom stereocenters. The molecule has 0 spiro atoms. The van der Waals surface area contributed by atoms with Crippen LogP contribution in [0, 0.1) is 0 Å². The molecule has 0 radical (unpaired) electrons. The number of ether oxygens (including phenoxy) is 3. The topological polar surface area (TPSA) is 94.6 Å². The molecule has 0 amide bonds. The van der Waals surface area contributed by atoms with Gasteiger partial charge < -0.3 is 18.6 Å². The van der Waals surface area contributed by atoms with E-state index in [4.69, 9.17) is 23.6 Å². The first kappa shape index (κ1) is 21.9. The highest BCUT2D eigenvalue weighted by molar-refractivity contribution is 8.26. The van der Waals surface area contributed by atoms with Crippen LogP contribution >= 0.6 is 23.1 Å². The number of furan rings is 1.